The minimum Gasteiger partial charge on any atom is -0.381 e. The number of nitrogens with zero attached hydrogens (tertiary/aromatic N) is 2. The fraction of sp³-hybridized carbons (Fsp3) is 0.652. The molecular weight excluding hydrogens is 523 g/mol. The van der Waals surface area contributed by atoms with Crippen molar-refractivity contribution in [1.29, 1.82) is 0 Å². The van der Waals surface area contributed by atoms with E-state index in [-0.39, 0.29) is 36.4 Å². The Hall–Kier alpha value is -1.43. The van der Waals surface area contributed by atoms with Crippen LogP contribution in [0, 0.1) is 5.92 Å². The van der Waals surface area contributed by atoms with Gasteiger partial charge in [-0.15, -0.1) is 24.0 Å². The number of likely N-dealkylation sites (N-methyl/N-ethyl adjacent to an activating group) is 1. The molecule has 2 saturated heterocycles. The lowest BCUT2D eigenvalue weighted by atomic mass is 10.1. The van der Waals surface area contributed by atoms with Crippen molar-refractivity contribution < 1.29 is 19.0 Å². The molecule has 180 valence electrons. The smallest absolute Gasteiger partial charge is 0.241 e. The first-order valence-electron chi connectivity index (χ1n) is 11.2. The lowest BCUT2D eigenvalue weighted by Crippen LogP contribution is -2.44. The van der Waals surface area contributed by atoms with Gasteiger partial charge in [0.2, 0.25) is 5.91 Å². The van der Waals surface area contributed by atoms with Crippen molar-refractivity contribution in [2.75, 3.05) is 53.6 Å². The number of ether oxygens (including phenoxy) is 3. The Morgan fingerprint density at radius 3 is 2.41 bits per heavy atom. The number of hydrogen-bond donors (Lipinski definition) is 2. The summed E-state index contributed by atoms with van der Waals surface area (Å²) in [6.07, 6.45) is 3.29. The molecule has 0 spiro atoms. The standard InChI is InChI=1S/C23H36N4O4.HI/c1-27(2)22(28)15-26-23(25-14-20-7-10-30-16-20)24-13-18-3-5-19(6-4-18)17-31-21-8-11-29-12-9-21;/h3-6,20-21H,7-17H2,1-2H3,(H2,24,25,26);1H. The van der Waals surface area contributed by atoms with Gasteiger partial charge in [0.1, 0.15) is 0 Å². The van der Waals surface area contributed by atoms with Gasteiger partial charge in [-0.3, -0.25) is 4.79 Å². The number of guanidine groups is 1. The molecule has 1 aromatic carbocycles. The van der Waals surface area contributed by atoms with E-state index in [1.807, 2.05) is 0 Å². The second-order valence-corrected chi connectivity index (χ2v) is 8.36. The van der Waals surface area contributed by atoms with Gasteiger partial charge in [0.15, 0.2) is 5.96 Å². The third-order valence-corrected chi connectivity index (χ3v) is 5.58. The number of hydrogen-bond acceptors (Lipinski definition) is 5. The van der Waals surface area contributed by atoms with Crippen LogP contribution in [0.5, 0.6) is 0 Å². The Morgan fingerprint density at radius 1 is 1.06 bits per heavy atom. The SMILES string of the molecule is CN(C)C(=O)CNC(=NCc1ccc(COC2CCOCC2)cc1)NCC1CCOC1.I. The van der Waals surface area contributed by atoms with Gasteiger partial charge in [-0.05, 0) is 30.4 Å². The number of carbonyl (C=O) groups excluding carboxylic acids is 1. The molecule has 3 rings (SSSR count). The van der Waals surface area contributed by atoms with Gasteiger partial charge in [-0.25, -0.2) is 4.99 Å². The van der Waals surface area contributed by atoms with Gasteiger partial charge in [0.25, 0.3) is 0 Å². The van der Waals surface area contributed by atoms with Gasteiger partial charge in [0, 0.05) is 46.4 Å². The van der Waals surface area contributed by atoms with E-state index in [2.05, 4.69) is 39.9 Å². The average Bonchev–Trinajstić information content (AvgIpc) is 3.32. The quantitative estimate of drug-likeness (QED) is 0.274. The lowest BCUT2D eigenvalue weighted by Gasteiger charge is -2.22. The normalized spacial score (nSPS) is 19.3. The van der Waals surface area contributed by atoms with Crippen LogP contribution in [0.1, 0.15) is 30.4 Å². The van der Waals surface area contributed by atoms with Gasteiger partial charge < -0.3 is 29.7 Å². The van der Waals surface area contributed by atoms with E-state index < -0.39 is 0 Å². The molecule has 9 heteroatoms. The van der Waals surface area contributed by atoms with Crippen molar-refractivity contribution in [2.24, 2.45) is 10.9 Å². The maximum Gasteiger partial charge on any atom is 0.241 e. The van der Waals surface area contributed by atoms with Crippen molar-refractivity contribution in [3.8, 4) is 0 Å². The molecule has 32 heavy (non-hydrogen) atoms. The number of rotatable bonds is 9. The summed E-state index contributed by atoms with van der Waals surface area (Å²) in [6, 6.07) is 8.35. The fourth-order valence-corrected chi connectivity index (χ4v) is 3.45. The van der Waals surface area contributed by atoms with Crippen LogP contribution < -0.4 is 10.6 Å². The lowest BCUT2D eigenvalue weighted by molar-refractivity contribution is -0.127. The Kier molecular flexibility index (Phi) is 12.3. The Bertz CT molecular complexity index is 702. The second kappa shape index (κ2) is 14.7. The predicted octanol–water partition coefficient (Wildman–Crippen LogP) is 2.16. The summed E-state index contributed by atoms with van der Waals surface area (Å²) >= 11 is 0. The van der Waals surface area contributed by atoms with Gasteiger partial charge in [0.05, 0.1) is 32.4 Å². The summed E-state index contributed by atoms with van der Waals surface area (Å²) in [5.74, 6) is 1.13. The van der Waals surface area contributed by atoms with Gasteiger partial charge >= 0.3 is 0 Å². The molecule has 2 aliphatic heterocycles. The first-order valence-corrected chi connectivity index (χ1v) is 11.2. The average molecular weight is 560 g/mol. The highest BCUT2D eigenvalue weighted by molar-refractivity contribution is 14.0. The summed E-state index contributed by atoms with van der Waals surface area (Å²) in [5.41, 5.74) is 2.27. The molecule has 2 N–H and O–H groups in total. The van der Waals surface area contributed by atoms with Crippen LogP contribution in [0.3, 0.4) is 0 Å². The summed E-state index contributed by atoms with van der Waals surface area (Å²) < 4.78 is 16.8. The van der Waals surface area contributed by atoms with E-state index in [9.17, 15) is 4.79 Å². The molecule has 2 heterocycles. The van der Waals surface area contributed by atoms with Crippen molar-refractivity contribution >= 4 is 35.8 Å². The van der Waals surface area contributed by atoms with Crippen LogP contribution in [0.15, 0.2) is 29.3 Å². The van der Waals surface area contributed by atoms with E-state index in [4.69, 9.17) is 14.2 Å². The molecule has 2 aliphatic rings. The third-order valence-electron chi connectivity index (χ3n) is 5.58. The fourth-order valence-electron chi connectivity index (χ4n) is 3.45. The molecule has 0 saturated carbocycles. The maximum atomic E-state index is 11.9. The molecule has 1 atom stereocenters. The highest BCUT2D eigenvalue weighted by atomic mass is 127. The summed E-state index contributed by atoms with van der Waals surface area (Å²) in [7, 11) is 3.49. The monoisotopic (exact) mass is 560 g/mol. The largest absolute Gasteiger partial charge is 0.381 e. The highest BCUT2D eigenvalue weighted by Crippen LogP contribution is 2.14. The van der Waals surface area contributed by atoms with Crippen LogP contribution in [0.4, 0.5) is 0 Å². The van der Waals surface area contributed by atoms with E-state index in [1.165, 1.54) is 0 Å². The molecule has 0 aromatic heterocycles. The zero-order chi connectivity index (χ0) is 21.9. The number of nitrogens with one attached hydrogen (secondary N) is 2. The maximum absolute atomic E-state index is 11.9. The van der Waals surface area contributed by atoms with Crippen LogP contribution in [-0.4, -0.2) is 76.5 Å². The van der Waals surface area contributed by atoms with Gasteiger partial charge in [-0.1, -0.05) is 24.3 Å². The molecule has 0 radical (unpaired) electrons. The Morgan fingerprint density at radius 2 is 1.75 bits per heavy atom. The number of carbonyl (C=O) groups is 1. The topological polar surface area (TPSA) is 84.4 Å². The summed E-state index contributed by atoms with van der Waals surface area (Å²) in [4.78, 5) is 18.2. The van der Waals surface area contributed by atoms with Crippen molar-refractivity contribution in [3.05, 3.63) is 35.4 Å². The van der Waals surface area contributed by atoms with E-state index in [0.717, 1.165) is 63.4 Å². The Labute approximate surface area is 208 Å². The number of benzene rings is 1. The number of aliphatic imine (C=N–C) groups is 1. The summed E-state index contributed by atoms with van der Waals surface area (Å²) in [6.45, 7) is 5.32. The number of amides is 1. The van der Waals surface area contributed by atoms with Crippen molar-refractivity contribution in [1.82, 2.24) is 15.5 Å². The third kappa shape index (κ3) is 9.60. The molecule has 2 fully saturated rings. The van der Waals surface area contributed by atoms with E-state index >= 15 is 0 Å². The molecule has 0 bridgehead atoms. The zero-order valence-corrected chi connectivity index (χ0v) is 21.5. The van der Waals surface area contributed by atoms with Crippen molar-refractivity contribution in [3.63, 3.8) is 0 Å². The molecule has 1 unspecified atom stereocenters. The van der Waals surface area contributed by atoms with Crippen molar-refractivity contribution in [2.45, 2.75) is 38.5 Å². The minimum atomic E-state index is 0. The van der Waals surface area contributed by atoms with Crippen LogP contribution >= 0.6 is 24.0 Å². The van der Waals surface area contributed by atoms with E-state index in [1.54, 1.807) is 19.0 Å². The molecular formula is C23H37IN4O4. The minimum absolute atomic E-state index is 0. The van der Waals surface area contributed by atoms with Crippen LogP contribution in [-0.2, 0) is 32.2 Å². The van der Waals surface area contributed by atoms with Gasteiger partial charge in [-0.2, -0.15) is 0 Å². The molecule has 8 nitrogen and oxygen atoms in total. The highest BCUT2D eigenvalue weighted by Gasteiger charge is 2.16. The molecule has 1 amide bonds. The van der Waals surface area contributed by atoms with Crippen LogP contribution in [0.25, 0.3) is 0 Å². The predicted molar refractivity (Wildman–Crippen MR) is 135 cm³/mol. The van der Waals surface area contributed by atoms with Crippen LogP contribution in [0.2, 0.25) is 0 Å². The first kappa shape index (κ1) is 26.8. The van der Waals surface area contributed by atoms with E-state index in [0.29, 0.717) is 31.1 Å². The molecule has 1 aromatic rings. The second-order valence-electron chi connectivity index (χ2n) is 8.36. The first-order chi connectivity index (χ1) is 15.1. The number of halogens is 1. The Balaban J connectivity index is 0.00000363. The molecule has 0 aliphatic carbocycles. The summed E-state index contributed by atoms with van der Waals surface area (Å²) in [5, 5.41) is 6.49. The zero-order valence-electron chi connectivity index (χ0n) is 19.2.